The van der Waals surface area contributed by atoms with Crippen LogP contribution in [-0.4, -0.2) is 45.0 Å². The quantitative estimate of drug-likeness (QED) is 0.182. The molecule has 206 valence electrons. The van der Waals surface area contributed by atoms with Gasteiger partial charge in [0.1, 0.15) is 17.7 Å². The standard InChI is InChI=1S/C30H34F4O4/c1-2-3-16-35-26-18-36-28(37-19-26)15-8-22-7-14-27-24(17-22)11-10-23(29(27)31)9-4-21-5-12-25(13-6-21)38-20-30(32,33)34/h5-7,10-14,17,26,28H,2-4,8-9,15-16,18-20H2,1H3. The lowest BCUT2D eigenvalue weighted by Gasteiger charge is -2.29. The summed E-state index contributed by atoms with van der Waals surface area (Å²) in [4.78, 5) is 0. The summed E-state index contributed by atoms with van der Waals surface area (Å²) in [6.45, 7) is 2.60. The fraction of sp³-hybridized carbons (Fsp3) is 0.467. The van der Waals surface area contributed by atoms with Gasteiger partial charge in [0, 0.05) is 18.4 Å². The minimum atomic E-state index is -4.38. The number of hydrogen-bond acceptors (Lipinski definition) is 4. The highest BCUT2D eigenvalue weighted by Gasteiger charge is 2.28. The lowest BCUT2D eigenvalue weighted by Crippen LogP contribution is -2.37. The molecule has 1 aliphatic rings. The van der Waals surface area contributed by atoms with Crippen LogP contribution in [-0.2, 0) is 33.5 Å². The van der Waals surface area contributed by atoms with Gasteiger partial charge < -0.3 is 18.9 Å². The van der Waals surface area contributed by atoms with E-state index in [0.29, 0.717) is 43.4 Å². The topological polar surface area (TPSA) is 36.9 Å². The second kappa shape index (κ2) is 13.4. The van der Waals surface area contributed by atoms with Crippen molar-refractivity contribution in [1.82, 2.24) is 0 Å². The molecule has 0 spiro atoms. The van der Waals surface area contributed by atoms with Gasteiger partial charge in [-0.3, -0.25) is 0 Å². The average Bonchev–Trinajstić information content (AvgIpc) is 2.91. The highest BCUT2D eigenvalue weighted by Crippen LogP contribution is 2.25. The molecule has 4 rings (SSSR count). The fourth-order valence-corrected chi connectivity index (χ4v) is 4.40. The summed E-state index contributed by atoms with van der Waals surface area (Å²) in [5.74, 6) is -0.0896. The van der Waals surface area contributed by atoms with Gasteiger partial charge in [0.05, 0.1) is 13.2 Å². The summed E-state index contributed by atoms with van der Waals surface area (Å²) in [5, 5.41) is 1.41. The van der Waals surface area contributed by atoms with Crippen molar-refractivity contribution >= 4 is 10.8 Å². The number of fused-ring (bicyclic) bond motifs is 1. The molecule has 0 radical (unpaired) electrons. The average molecular weight is 535 g/mol. The Bertz CT molecular complexity index is 1160. The van der Waals surface area contributed by atoms with E-state index in [2.05, 4.69) is 6.92 Å². The Kier molecular flexibility index (Phi) is 9.99. The number of aryl methyl sites for hydroxylation is 3. The Labute approximate surface area is 220 Å². The number of alkyl halides is 3. The zero-order valence-electron chi connectivity index (χ0n) is 21.6. The fourth-order valence-electron chi connectivity index (χ4n) is 4.40. The van der Waals surface area contributed by atoms with E-state index in [-0.39, 0.29) is 24.0 Å². The predicted molar refractivity (Wildman–Crippen MR) is 138 cm³/mol. The van der Waals surface area contributed by atoms with Crippen molar-refractivity contribution < 1.29 is 36.5 Å². The van der Waals surface area contributed by atoms with Gasteiger partial charge in [0.25, 0.3) is 0 Å². The normalized spacial score (nSPS) is 18.1. The van der Waals surface area contributed by atoms with Crippen LogP contribution in [0.1, 0.15) is 42.9 Å². The molecule has 0 saturated carbocycles. The predicted octanol–water partition coefficient (Wildman–Crippen LogP) is 7.20. The van der Waals surface area contributed by atoms with Gasteiger partial charge in [-0.05, 0) is 59.9 Å². The van der Waals surface area contributed by atoms with Crippen LogP contribution in [0.4, 0.5) is 17.6 Å². The number of halogens is 4. The van der Waals surface area contributed by atoms with Crippen LogP contribution >= 0.6 is 0 Å². The molecule has 0 atom stereocenters. The molecule has 8 heteroatoms. The van der Waals surface area contributed by atoms with E-state index in [0.717, 1.165) is 42.4 Å². The van der Waals surface area contributed by atoms with E-state index in [1.165, 1.54) is 12.1 Å². The van der Waals surface area contributed by atoms with Crippen molar-refractivity contribution in [3.8, 4) is 5.75 Å². The maximum atomic E-state index is 15.2. The smallest absolute Gasteiger partial charge is 0.422 e. The van der Waals surface area contributed by atoms with E-state index in [9.17, 15) is 13.2 Å². The number of hydrogen-bond donors (Lipinski definition) is 0. The summed E-state index contributed by atoms with van der Waals surface area (Å²) < 4.78 is 74.2. The molecule has 1 fully saturated rings. The van der Waals surface area contributed by atoms with Crippen molar-refractivity contribution in [3.05, 3.63) is 77.1 Å². The van der Waals surface area contributed by atoms with Crippen LogP contribution in [0.15, 0.2) is 54.6 Å². The van der Waals surface area contributed by atoms with Crippen molar-refractivity contribution in [2.75, 3.05) is 26.4 Å². The van der Waals surface area contributed by atoms with Crippen LogP contribution < -0.4 is 4.74 Å². The molecule has 0 aliphatic carbocycles. The Hall–Kier alpha value is -2.68. The SMILES string of the molecule is CCCCOC1COC(CCc2ccc3c(F)c(CCc4ccc(OCC(F)(F)F)cc4)ccc3c2)OC1. The van der Waals surface area contributed by atoms with Gasteiger partial charge in [-0.1, -0.05) is 55.8 Å². The van der Waals surface area contributed by atoms with Crippen LogP contribution in [0.2, 0.25) is 0 Å². The first kappa shape index (κ1) is 28.3. The van der Waals surface area contributed by atoms with Gasteiger partial charge in [0.2, 0.25) is 0 Å². The monoisotopic (exact) mass is 534 g/mol. The maximum Gasteiger partial charge on any atom is 0.422 e. The molecule has 0 aromatic heterocycles. The number of ether oxygens (including phenoxy) is 4. The van der Waals surface area contributed by atoms with Crippen LogP contribution in [0.5, 0.6) is 5.75 Å². The van der Waals surface area contributed by atoms with Gasteiger partial charge in [-0.25, -0.2) is 4.39 Å². The summed E-state index contributed by atoms with van der Waals surface area (Å²) in [6, 6.07) is 15.9. The molecule has 1 heterocycles. The Balaban J connectivity index is 1.27. The van der Waals surface area contributed by atoms with Crippen molar-refractivity contribution in [3.63, 3.8) is 0 Å². The molecule has 4 nitrogen and oxygen atoms in total. The van der Waals surface area contributed by atoms with E-state index in [1.54, 1.807) is 18.2 Å². The third-order valence-electron chi connectivity index (χ3n) is 6.56. The van der Waals surface area contributed by atoms with Crippen molar-refractivity contribution in [1.29, 1.82) is 0 Å². The molecule has 3 aromatic rings. The van der Waals surface area contributed by atoms with E-state index >= 15 is 4.39 Å². The summed E-state index contributed by atoms with van der Waals surface area (Å²) in [7, 11) is 0. The lowest BCUT2D eigenvalue weighted by molar-refractivity contribution is -0.227. The van der Waals surface area contributed by atoms with Crippen molar-refractivity contribution in [2.45, 2.75) is 64.0 Å². The third kappa shape index (κ3) is 8.41. The number of benzene rings is 3. The molecule has 38 heavy (non-hydrogen) atoms. The number of unbranched alkanes of at least 4 members (excludes halogenated alkanes) is 1. The van der Waals surface area contributed by atoms with Crippen LogP contribution in [0.3, 0.4) is 0 Å². The lowest BCUT2D eigenvalue weighted by atomic mass is 9.98. The molecule has 1 saturated heterocycles. The molecule has 0 amide bonds. The highest BCUT2D eigenvalue weighted by atomic mass is 19.4. The molecular formula is C30H34F4O4. The highest BCUT2D eigenvalue weighted by molar-refractivity contribution is 5.84. The molecule has 0 unspecified atom stereocenters. The first-order valence-corrected chi connectivity index (χ1v) is 13.1. The van der Waals surface area contributed by atoms with Gasteiger partial charge >= 0.3 is 6.18 Å². The van der Waals surface area contributed by atoms with Gasteiger partial charge in [0.15, 0.2) is 12.9 Å². The molecular weight excluding hydrogens is 500 g/mol. The summed E-state index contributed by atoms with van der Waals surface area (Å²) in [6.07, 6.45) is -0.00554. The first-order chi connectivity index (χ1) is 18.3. The second-order valence-corrected chi connectivity index (χ2v) is 9.62. The van der Waals surface area contributed by atoms with Gasteiger partial charge in [-0.15, -0.1) is 0 Å². The summed E-state index contributed by atoms with van der Waals surface area (Å²) in [5.41, 5.74) is 2.58. The maximum absolute atomic E-state index is 15.2. The minimum absolute atomic E-state index is 0.00714. The molecule has 3 aromatic carbocycles. The van der Waals surface area contributed by atoms with E-state index in [4.69, 9.17) is 18.9 Å². The van der Waals surface area contributed by atoms with E-state index < -0.39 is 12.8 Å². The Morgan fingerprint density at radius 3 is 2.34 bits per heavy atom. The first-order valence-electron chi connectivity index (χ1n) is 13.1. The summed E-state index contributed by atoms with van der Waals surface area (Å²) >= 11 is 0. The second-order valence-electron chi connectivity index (χ2n) is 9.62. The Morgan fingerprint density at radius 1 is 0.895 bits per heavy atom. The Morgan fingerprint density at radius 2 is 1.63 bits per heavy atom. The third-order valence-corrected chi connectivity index (χ3v) is 6.56. The zero-order chi connectivity index (χ0) is 27.0. The largest absolute Gasteiger partial charge is 0.484 e. The molecule has 0 bridgehead atoms. The van der Waals surface area contributed by atoms with Gasteiger partial charge in [-0.2, -0.15) is 13.2 Å². The molecule has 1 aliphatic heterocycles. The van der Waals surface area contributed by atoms with Crippen molar-refractivity contribution in [2.24, 2.45) is 0 Å². The molecule has 0 N–H and O–H groups in total. The number of rotatable bonds is 12. The minimum Gasteiger partial charge on any atom is -0.484 e. The van der Waals surface area contributed by atoms with Crippen LogP contribution in [0, 0.1) is 5.82 Å². The van der Waals surface area contributed by atoms with E-state index in [1.807, 2.05) is 24.3 Å². The van der Waals surface area contributed by atoms with Crippen LogP contribution in [0.25, 0.3) is 10.8 Å². The zero-order valence-corrected chi connectivity index (χ0v) is 21.6.